The molecule has 0 aromatic heterocycles. The predicted molar refractivity (Wildman–Crippen MR) is 118 cm³/mol. The van der Waals surface area contributed by atoms with Gasteiger partial charge >= 0.3 is 11.9 Å². The molecule has 0 saturated heterocycles. The monoisotopic (exact) mass is 466 g/mol. The summed E-state index contributed by atoms with van der Waals surface area (Å²) >= 11 is 0. The third-order valence-corrected chi connectivity index (χ3v) is 9.63. The fourth-order valence-electron chi connectivity index (χ4n) is 7.91. The van der Waals surface area contributed by atoms with Gasteiger partial charge in [0.15, 0.2) is 0 Å². The lowest BCUT2D eigenvalue weighted by atomic mass is 9.59. The van der Waals surface area contributed by atoms with E-state index in [1.165, 1.54) is 6.92 Å². The van der Waals surface area contributed by atoms with Crippen LogP contribution < -0.4 is 0 Å². The van der Waals surface area contributed by atoms with E-state index in [0.717, 1.165) is 0 Å². The van der Waals surface area contributed by atoms with E-state index in [1.807, 2.05) is 0 Å². The second-order valence-electron chi connectivity index (χ2n) is 11.5. The molecule has 0 aromatic carbocycles. The first-order valence-electron chi connectivity index (χ1n) is 12.0. The quantitative estimate of drug-likeness (QED) is 0.363. The second-order valence-corrected chi connectivity index (χ2v) is 11.5. The first-order chi connectivity index (χ1) is 15.2. The lowest BCUT2D eigenvalue weighted by Gasteiger charge is -2.51. The fourth-order valence-corrected chi connectivity index (χ4v) is 7.91. The summed E-state index contributed by atoms with van der Waals surface area (Å²) in [5.74, 6) is -2.54. The average Bonchev–Trinajstić information content (AvgIpc) is 2.96. The van der Waals surface area contributed by atoms with Gasteiger partial charge in [-0.1, -0.05) is 32.9 Å². The van der Waals surface area contributed by atoms with Crippen LogP contribution in [0.4, 0.5) is 0 Å². The summed E-state index contributed by atoms with van der Waals surface area (Å²) in [6, 6.07) is 0. The summed E-state index contributed by atoms with van der Waals surface area (Å²) in [5, 5.41) is 46.2. The molecule has 8 nitrogen and oxygen atoms in total. The molecule has 4 N–H and O–H groups in total. The molecule has 0 heterocycles. The number of aliphatic hydroxyl groups excluding tert-OH is 2. The minimum atomic E-state index is -1.83. The van der Waals surface area contributed by atoms with E-state index in [4.69, 9.17) is 9.47 Å². The maximum atomic E-state index is 12.5. The van der Waals surface area contributed by atoms with Crippen LogP contribution in [0.3, 0.4) is 0 Å². The van der Waals surface area contributed by atoms with Crippen LogP contribution in [0.15, 0.2) is 12.2 Å². The number of ether oxygens (including phenoxy) is 2. The van der Waals surface area contributed by atoms with Crippen LogP contribution in [0.1, 0.15) is 66.7 Å². The molecule has 0 unspecified atom stereocenters. The molecule has 8 heteroatoms. The first-order valence-corrected chi connectivity index (χ1v) is 12.0. The Morgan fingerprint density at radius 1 is 1.06 bits per heavy atom. The zero-order chi connectivity index (χ0) is 24.7. The SMILES string of the molecule is C=C1[C@@H]2CC[C@@H]3[C@@H](OC(=O)CC)[C@]2(C[C@@]3(C)O)[C@H](OC(C)=O)[C@@H](O)[C@@]2(O)[C@H]1C[C@H](O)C2(C)C. The van der Waals surface area contributed by atoms with Crippen molar-refractivity contribution in [3.8, 4) is 0 Å². The van der Waals surface area contributed by atoms with Crippen molar-refractivity contribution in [2.75, 3.05) is 0 Å². The highest BCUT2D eigenvalue weighted by Gasteiger charge is 2.77. The Balaban J connectivity index is 1.97. The molecule has 2 bridgehead atoms. The van der Waals surface area contributed by atoms with Gasteiger partial charge in [-0.2, -0.15) is 0 Å². The average molecular weight is 467 g/mol. The molecule has 1 spiro atoms. The molecule has 0 amide bonds. The zero-order valence-corrected chi connectivity index (χ0v) is 20.2. The van der Waals surface area contributed by atoms with E-state index in [2.05, 4.69) is 6.58 Å². The van der Waals surface area contributed by atoms with E-state index in [1.54, 1.807) is 27.7 Å². The van der Waals surface area contributed by atoms with Crippen LogP contribution in [0.25, 0.3) is 0 Å². The van der Waals surface area contributed by atoms with Crippen LogP contribution in [0.2, 0.25) is 0 Å². The van der Waals surface area contributed by atoms with E-state index in [-0.39, 0.29) is 19.3 Å². The van der Waals surface area contributed by atoms with Crippen molar-refractivity contribution in [2.24, 2.45) is 28.6 Å². The highest BCUT2D eigenvalue weighted by atomic mass is 16.6. The molecule has 4 aliphatic carbocycles. The normalized spacial score (nSPS) is 50.2. The minimum absolute atomic E-state index is 0.122. The third-order valence-electron chi connectivity index (χ3n) is 9.63. The molecule has 4 fully saturated rings. The molecule has 186 valence electrons. The smallest absolute Gasteiger partial charge is 0.305 e. The maximum Gasteiger partial charge on any atom is 0.305 e. The Hall–Kier alpha value is -1.48. The number of carbonyl (C=O) groups excluding carboxylic acids is 2. The van der Waals surface area contributed by atoms with Gasteiger partial charge in [0.1, 0.15) is 23.9 Å². The molecule has 4 rings (SSSR count). The van der Waals surface area contributed by atoms with Crippen molar-refractivity contribution < 1.29 is 39.5 Å². The molecular weight excluding hydrogens is 428 g/mol. The number of esters is 2. The van der Waals surface area contributed by atoms with Crippen molar-refractivity contribution in [2.45, 2.75) is 102 Å². The summed E-state index contributed by atoms with van der Waals surface area (Å²) < 4.78 is 11.7. The molecule has 0 aliphatic heterocycles. The van der Waals surface area contributed by atoms with Gasteiger partial charge in [-0.25, -0.2) is 0 Å². The Labute approximate surface area is 195 Å². The number of carbonyl (C=O) groups is 2. The lowest BCUT2D eigenvalue weighted by molar-refractivity contribution is -0.233. The standard InChI is InChI=1S/C25H38O8/c1-7-18(28)33-20-15-9-8-14-12(2)16-10-17(27)22(4,5)25(16,31)19(29)21(32-13(3)26)24(14,20)11-23(15,6)30/h14-17,19-21,27,29-31H,2,7-11H2,1,3-6H3/t14-,15+,16-,17-,19+,20+,21+,23+,24+,25-/m0/s1. The highest BCUT2D eigenvalue weighted by Crippen LogP contribution is 2.69. The van der Waals surface area contributed by atoms with Crippen molar-refractivity contribution in [3.63, 3.8) is 0 Å². The highest BCUT2D eigenvalue weighted by molar-refractivity contribution is 5.69. The first kappa shape index (κ1) is 24.6. The van der Waals surface area contributed by atoms with Crippen molar-refractivity contribution in [1.82, 2.24) is 0 Å². The molecule has 10 atom stereocenters. The molecule has 0 radical (unpaired) electrons. The van der Waals surface area contributed by atoms with Crippen LogP contribution >= 0.6 is 0 Å². The zero-order valence-electron chi connectivity index (χ0n) is 20.2. The van der Waals surface area contributed by atoms with Gasteiger partial charge in [0.2, 0.25) is 0 Å². The Kier molecular flexibility index (Phi) is 5.61. The van der Waals surface area contributed by atoms with E-state index in [0.29, 0.717) is 18.4 Å². The van der Waals surface area contributed by atoms with Crippen LogP contribution in [-0.4, -0.2) is 68.0 Å². The third kappa shape index (κ3) is 3.03. The summed E-state index contributed by atoms with van der Waals surface area (Å²) in [6.45, 7) is 12.3. The van der Waals surface area contributed by atoms with E-state index in [9.17, 15) is 30.0 Å². The van der Waals surface area contributed by atoms with E-state index >= 15 is 0 Å². The molecule has 0 aromatic rings. The lowest BCUT2D eigenvalue weighted by Crippen LogP contribution is -2.64. The molecule has 4 aliphatic rings. The maximum absolute atomic E-state index is 12.5. The van der Waals surface area contributed by atoms with Gasteiger partial charge < -0.3 is 29.9 Å². The summed E-state index contributed by atoms with van der Waals surface area (Å²) in [6.07, 6.45) is -2.96. The number of hydrogen-bond acceptors (Lipinski definition) is 8. The largest absolute Gasteiger partial charge is 0.461 e. The number of fused-ring (bicyclic) bond motifs is 2. The van der Waals surface area contributed by atoms with Gasteiger partial charge in [-0.3, -0.25) is 9.59 Å². The number of hydrogen-bond donors (Lipinski definition) is 4. The number of rotatable bonds is 3. The Morgan fingerprint density at radius 2 is 1.70 bits per heavy atom. The van der Waals surface area contributed by atoms with Crippen molar-refractivity contribution in [3.05, 3.63) is 12.2 Å². The van der Waals surface area contributed by atoms with Crippen molar-refractivity contribution >= 4 is 11.9 Å². The molecular formula is C25H38O8. The van der Waals surface area contributed by atoms with Crippen LogP contribution in [0.5, 0.6) is 0 Å². The summed E-state index contributed by atoms with van der Waals surface area (Å²) in [5.41, 5.74) is -4.70. The van der Waals surface area contributed by atoms with Gasteiger partial charge in [0.25, 0.3) is 0 Å². The van der Waals surface area contributed by atoms with Gasteiger partial charge in [-0.15, -0.1) is 0 Å². The van der Waals surface area contributed by atoms with Gasteiger partial charge in [0, 0.05) is 30.6 Å². The van der Waals surface area contributed by atoms with Crippen LogP contribution in [0, 0.1) is 28.6 Å². The fraction of sp³-hybridized carbons (Fsp3) is 0.840. The van der Waals surface area contributed by atoms with E-state index < -0.39 is 76.1 Å². The van der Waals surface area contributed by atoms with Gasteiger partial charge in [0.05, 0.1) is 17.1 Å². The topological polar surface area (TPSA) is 134 Å². The minimum Gasteiger partial charge on any atom is -0.461 e. The Bertz CT molecular complexity index is 864. The second kappa shape index (κ2) is 7.51. The summed E-state index contributed by atoms with van der Waals surface area (Å²) in [4.78, 5) is 24.8. The Morgan fingerprint density at radius 3 is 2.27 bits per heavy atom. The molecule has 4 saturated carbocycles. The van der Waals surface area contributed by atoms with Gasteiger partial charge in [-0.05, 0) is 38.5 Å². The molecule has 33 heavy (non-hydrogen) atoms. The van der Waals surface area contributed by atoms with Crippen LogP contribution in [-0.2, 0) is 19.1 Å². The summed E-state index contributed by atoms with van der Waals surface area (Å²) in [7, 11) is 0. The number of aliphatic hydroxyl groups is 4. The van der Waals surface area contributed by atoms with Crippen molar-refractivity contribution in [1.29, 1.82) is 0 Å². The predicted octanol–water partition coefficient (Wildman–Crippen LogP) is 1.48.